The fourth-order valence-electron chi connectivity index (χ4n) is 3.54. The Morgan fingerprint density at radius 2 is 1.67 bits per heavy atom. The number of carbonyl (C=O) groups is 1. The normalized spacial score (nSPS) is 11.0. The average Bonchev–Trinajstić information content (AvgIpc) is 3.08. The van der Waals surface area contributed by atoms with E-state index >= 15 is 0 Å². The highest BCUT2D eigenvalue weighted by Gasteiger charge is 2.15. The molecule has 4 nitrogen and oxygen atoms in total. The number of hydrogen-bond donors (Lipinski definition) is 1. The van der Waals surface area contributed by atoms with Crippen molar-refractivity contribution in [1.82, 2.24) is 14.9 Å². The summed E-state index contributed by atoms with van der Waals surface area (Å²) in [7, 11) is 0. The van der Waals surface area contributed by atoms with Crippen molar-refractivity contribution in [1.29, 1.82) is 0 Å². The lowest BCUT2D eigenvalue weighted by atomic mass is 10.1. The molecule has 30 heavy (non-hydrogen) atoms. The lowest BCUT2D eigenvalue weighted by molar-refractivity contribution is 0.0953. The first-order valence-corrected chi connectivity index (χ1v) is 10.5. The average molecular weight is 438 g/mol. The molecule has 0 atom stereocenters. The largest absolute Gasteiger partial charge is 0.352 e. The highest BCUT2D eigenvalue weighted by Crippen LogP contribution is 2.27. The van der Waals surface area contributed by atoms with Crippen molar-refractivity contribution in [3.63, 3.8) is 0 Å². The van der Waals surface area contributed by atoms with Crippen molar-refractivity contribution in [2.24, 2.45) is 0 Å². The van der Waals surface area contributed by atoms with E-state index in [1.807, 2.05) is 73.7 Å². The lowest BCUT2D eigenvalue weighted by Gasteiger charge is -2.13. The number of benzene rings is 3. The van der Waals surface area contributed by atoms with Gasteiger partial charge in [0.1, 0.15) is 5.82 Å². The number of amides is 1. The molecule has 1 aromatic heterocycles. The van der Waals surface area contributed by atoms with Gasteiger partial charge < -0.3 is 9.88 Å². The molecule has 4 aromatic rings. The van der Waals surface area contributed by atoms with Crippen LogP contribution in [0.4, 0.5) is 0 Å². The van der Waals surface area contributed by atoms with E-state index in [-0.39, 0.29) is 5.91 Å². The molecule has 3 aromatic carbocycles. The van der Waals surface area contributed by atoms with Crippen LogP contribution in [0.1, 0.15) is 27.3 Å². The molecule has 1 amide bonds. The van der Waals surface area contributed by atoms with Gasteiger partial charge in [0.25, 0.3) is 5.91 Å². The molecular weight excluding hydrogens is 417 g/mol. The van der Waals surface area contributed by atoms with Crippen molar-refractivity contribution in [3.8, 4) is 0 Å². The maximum Gasteiger partial charge on any atom is 0.251 e. The molecule has 6 heteroatoms. The number of imidazole rings is 1. The summed E-state index contributed by atoms with van der Waals surface area (Å²) < 4.78 is 2.11. The van der Waals surface area contributed by atoms with Gasteiger partial charge in [0, 0.05) is 34.1 Å². The Labute approximate surface area is 185 Å². The van der Waals surface area contributed by atoms with Gasteiger partial charge in [-0.25, -0.2) is 4.98 Å². The number of halogens is 2. The topological polar surface area (TPSA) is 46.9 Å². The van der Waals surface area contributed by atoms with Crippen molar-refractivity contribution in [2.45, 2.75) is 19.9 Å². The zero-order chi connectivity index (χ0) is 21.1. The number of hydrogen-bond acceptors (Lipinski definition) is 2. The minimum atomic E-state index is -0.0788. The van der Waals surface area contributed by atoms with Gasteiger partial charge in [-0.1, -0.05) is 59.6 Å². The molecular formula is C24H21Cl2N3O. The third kappa shape index (κ3) is 4.20. The predicted octanol–water partition coefficient (Wildman–Crippen LogP) is 5.67. The van der Waals surface area contributed by atoms with Crippen LogP contribution in [0.25, 0.3) is 11.0 Å². The van der Waals surface area contributed by atoms with Crippen LogP contribution in [-0.4, -0.2) is 22.0 Å². The standard InChI is InChI=1S/C24H21Cl2N3O/c1-16-7-2-3-8-17(16)24(30)27-14-13-23-28-21-11-4-5-12-22(21)29(23)15-18-19(25)9-6-10-20(18)26/h2-12H,13-15H2,1H3,(H,27,30). The van der Waals surface area contributed by atoms with E-state index in [4.69, 9.17) is 28.2 Å². The maximum absolute atomic E-state index is 12.5. The summed E-state index contributed by atoms with van der Waals surface area (Å²) in [5.41, 5.74) is 4.41. The van der Waals surface area contributed by atoms with Crippen LogP contribution in [-0.2, 0) is 13.0 Å². The first kappa shape index (κ1) is 20.5. The van der Waals surface area contributed by atoms with Gasteiger partial charge >= 0.3 is 0 Å². The molecule has 0 spiro atoms. The first-order chi connectivity index (χ1) is 14.5. The van der Waals surface area contributed by atoms with Gasteiger partial charge in [-0.3, -0.25) is 4.79 Å². The Hall–Kier alpha value is -2.82. The third-order valence-electron chi connectivity index (χ3n) is 5.14. The van der Waals surface area contributed by atoms with E-state index in [1.165, 1.54) is 0 Å². The molecule has 152 valence electrons. The van der Waals surface area contributed by atoms with E-state index < -0.39 is 0 Å². The SMILES string of the molecule is Cc1ccccc1C(=O)NCCc1nc2ccccc2n1Cc1c(Cl)cccc1Cl. The fourth-order valence-corrected chi connectivity index (χ4v) is 4.06. The van der Waals surface area contributed by atoms with Crippen LogP contribution >= 0.6 is 23.2 Å². The van der Waals surface area contributed by atoms with Gasteiger partial charge in [-0.05, 0) is 42.8 Å². The third-order valence-corrected chi connectivity index (χ3v) is 5.84. The van der Waals surface area contributed by atoms with Crippen LogP contribution < -0.4 is 5.32 Å². The first-order valence-electron chi connectivity index (χ1n) is 9.75. The lowest BCUT2D eigenvalue weighted by Crippen LogP contribution is -2.27. The highest BCUT2D eigenvalue weighted by atomic mass is 35.5. The number of carbonyl (C=O) groups excluding carboxylic acids is 1. The number of aryl methyl sites for hydroxylation is 1. The molecule has 0 saturated carbocycles. The molecule has 0 bridgehead atoms. The summed E-state index contributed by atoms with van der Waals surface area (Å²) in [5, 5.41) is 4.25. The van der Waals surface area contributed by atoms with Gasteiger partial charge in [-0.2, -0.15) is 0 Å². The maximum atomic E-state index is 12.5. The predicted molar refractivity (Wildman–Crippen MR) is 123 cm³/mol. The van der Waals surface area contributed by atoms with Gasteiger partial charge in [0.2, 0.25) is 0 Å². The van der Waals surface area contributed by atoms with E-state index in [9.17, 15) is 4.79 Å². The fraction of sp³-hybridized carbons (Fsp3) is 0.167. The van der Waals surface area contributed by atoms with E-state index in [0.717, 1.165) is 28.0 Å². The van der Waals surface area contributed by atoms with E-state index in [1.54, 1.807) is 0 Å². The number of aromatic nitrogens is 2. The zero-order valence-corrected chi connectivity index (χ0v) is 18.0. The van der Waals surface area contributed by atoms with Crippen LogP contribution in [0, 0.1) is 6.92 Å². The summed E-state index contributed by atoms with van der Waals surface area (Å²) in [5.74, 6) is 0.794. The minimum absolute atomic E-state index is 0.0788. The number of nitrogens with zero attached hydrogens (tertiary/aromatic N) is 2. The number of para-hydroxylation sites is 2. The van der Waals surface area contributed by atoms with Crippen LogP contribution in [0.3, 0.4) is 0 Å². The Balaban J connectivity index is 1.57. The molecule has 0 radical (unpaired) electrons. The quantitative estimate of drug-likeness (QED) is 0.422. The summed E-state index contributed by atoms with van der Waals surface area (Å²) in [4.78, 5) is 17.3. The molecule has 4 rings (SSSR count). The number of nitrogens with one attached hydrogen (secondary N) is 1. The van der Waals surface area contributed by atoms with E-state index in [2.05, 4.69) is 9.88 Å². The smallest absolute Gasteiger partial charge is 0.251 e. The molecule has 0 unspecified atom stereocenters. The summed E-state index contributed by atoms with van der Waals surface area (Å²) >= 11 is 12.8. The Bertz CT molecular complexity index is 1200. The van der Waals surface area contributed by atoms with Crippen molar-refractivity contribution in [3.05, 3.63) is 99.3 Å². The molecule has 0 aliphatic heterocycles. The Morgan fingerprint density at radius 3 is 2.43 bits per heavy atom. The summed E-state index contributed by atoms with van der Waals surface area (Å²) in [6.45, 7) is 2.93. The van der Waals surface area contributed by atoms with Crippen LogP contribution in [0.2, 0.25) is 10.0 Å². The number of rotatable bonds is 6. The highest BCUT2D eigenvalue weighted by molar-refractivity contribution is 6.36. The molecule has 1 heterocycles. The summed E-state index contributed by atoms with van der Waals surface area (Å²) in [6.07, 6.45) is 0.592. The van der Waals surface area contributed by atoms with Crippen LogP contribution in [0.15, 0.2) is 66.7 Å². The Morgan fingerprint density at radius 1 is 0.967 bits per heavy atom. The monoisotopic (exact) mass is 437 g/mol. The van der Waals surface area contributed by atoms with Crippen molar-refractivity contribution >= 4 is 40.1 Å². The van der Waals surface area contributed by atoms with Crippen molar-refractivity contribution in [2.75, 3.05) is 6.54 Å². The van der Waals surface area contributed by atoms with Crippen molar-refractivity contribution < 1.29 is 4.79 Å². The zero-order valence-electron chi connectivity index (χ0n) is 16.5. The minimum Gasteiger partial charge on any atom is -0.352 e. The van der Waals surface area contributed by atoms with Gasteiger partial charge in [-0.15, -0.1) is 0 Å². The molecule has 1 N–H and O–H groups in total. The second kappa shape index (κ2) is 8.90. The van der Waals surface area contributed by atoms with Gasteiger partial charge in [0.15, 0.2) is 0 Å². The number of fused-ring (bicyclic) bond motifs is 1. The molecule has 0 aliphatic carbocycles. The molecule has 0 fully saturated rings. The summed E-state index contributed by atoms with van der Waals surface area (Å²) in [6, 6.07) is 21.0. The van der Waals surface area contributed by atoms with Crippen LogP contribution in [0.5, 0.6) is 0 Å². The van der Waals surface area contributed by atoms with Gasteiger partial charge in [0.05, 0.1) is 17.6 Å². The second-order valence-corrected chi connectivity index (χ2v) is 7.94. The molecule has 0 saturated heterocycles. The Kier molecular flexibility index (Phi) is 6.07. The molecule has 0 aliphatic rings. The van der Waals surface area contributed by atoms with E-state index in [0.29, 0.717) is 35.1 Å². The second-order valence-electron chi connectivity index (χ2n) is 7.12.